The molecule has 2 amide bonds. The highest BCUT2D eigenvalue weighted by atomic mass is 19.4. The van der Waals surface area contributed by atoms with Crippen LogP contribution >= 0.6 is 0 Å². The van der Waals surface area contributed by atoms with Crippen LogP contribution in [0, 0.1) is 11.3 Å². The van der Waals surface area contributed by atoms with Crippen molar-refractivity contribution in [2.45, 2.75) is 45.3 Å². The zero-order valence-electron chi connectivity index (χ0n) is 20.6. The largest absolute Gasteiger partial charge is 0.432 e. The van der Waals surface area contributed by atoms with Crippen LogP contribution in [0.25, 0.3) is 17.2 Å². The molecule has 1 aromatic carbocycles. The minimum Gasteiger partial charge on any atom is -0.432 e. The summed E-state index contributed by atoms with van der Waals surface area (Å²) in [6.45, 7) is 3.92. The number of nitrogens with zero attached hydrogens (tertiary/aromatic N) is 4. The number of amides is 2. The minimum absolute atomic E-state index is 0.0995. The van der Waals surface area contributed by atoms with Crippen LogP contribution < -0.4 is 5.32 Å². The minimum atomic E-state index is -4.47. The fraction of sp³-hybridized carbons (Fsp3) is 0.462. The van der Waals surface area contributed by atoms with E-state index in [-0.39, 0.29) is 17.7 Å². The van der Waals surface area contributed by atoms with E-state index in [0.717, 1.165) is 24.1 Å². The van der Waals surface area contributed by atoms with Crippen LogP contribution in [0.3, 0.4) is 0 Å². The first kappa shape index (κ1) is 25.0. The number of carbonyl (C=O) groups excluding carboxylic acids is 2. The Balaban J connectivity index is 1.19. The third-order valence-corrected chi connectivity index (χ3v) is 7.54. The maximum Gasteiger partial charge on any atom is 0.405 e. The van der Waals surface area contributed by atoms with Crippen LogP contribution in [0.1, 0.15) is 54.5 Å². The van der Waals surface area contributed by atoms with E-state index in [1.807, 2.05) is 35.3 Å². The third-order valence-electron chi connectivity index (χ3n) is 7.54. The van der Waals surface area contributed by atoms with Crippen LogP contribution in [0.4, 0.5) is 13.2 Å². The number of nitrogens with one attached hydrogen (secondary N) is 1. The molecule has 37 heavy (non-hydrogen) atoms. The maximum atomic E-state index is 12.9. The van der Waals surface area contributed by atoms with Gasteiger partial charge in [0.1, 0.15) is 12.1 Å². The van der Waals surface area contributed by atoms with Gasteiger partial charge in [0.2, 0.25) is 5.91 Å². The van der Waals surface area contributed by atoms with Crippen LogP contribution in [-0.4, -0.2) is 57.3 Å². The summed E-state index contributed by atoms with van der Waals surface area (Å²) in [5.41, 5.74) is 1.68. The van der Waals surface area contributed by atoms with Crippen molar-refractivity contribution in [2.75, 3.05) is 19.6 Å². The smallest absolute Gasteiger partial charge is 0.405 e. The highest BCUT2D eigenvalue weighted by molar-refractivity contribution is 5.92. The van der Waals surface area contributed by atoms with Crippen molar-refractivity contribution in [2.24, 2.45) is 11.3 Å². The Morgan fingerprint density at radius 2 is 1.95 bits per heavy atom. The maximum absolute atomic E-state index is 12.9. The number of piperidine rings is 1. The monoisotopic (exact) mass is 515 g/mol. The lowest BCUT2D eigenvalue weighted by atomic mass is 9.70. The Morgan fingerprint density at radius 3 is 2.65 bits per heavy atom. The zero-order chi connectivity index (χ0) is 26.4. The van der Waals surface area contributed by atoms with E-state index < -0.39 is 24.0 Å². The average Bonchev–Trinajstić information content (AvgIpc) is 3.49. The predicted octanol–water partition coefficient (Wildman–Crippen LogP) is 4.39. The molecule has 2 aliphatic rings. The van der Waals surface area contributed by atoms with Crippen molar-refractivity contribution in [3.05, 3.63) is 53.7 Å². The summed E-state index contributed by atoms with van der Waals surface area (Å²) >= 11 is 0. The van der Waals surface area contributed by atoms with E-state index in [2.05, 4.69) is 10.1 Å². The number of halogens is 3. The summed E-state index contributed by atoms with van der Waals surface area (Å²) < 4.78 is 45.2. The van der Waals surface area contributed by atoms with Crippen LogP contribution in [0.5, 0.6) is 0 Å². The molecule has 11 heteroatoms. The van der Waals surface area contributed by atoms with Crippen molar-refractivity contribution in [1.82, 2.24) is 25.0 Å². The van der Waals surface area contributed by atoms with Gasteiger partial charge >= 0.3 is 12.1 Å². The van der Waals surface area contributed by atoms with E-state index in [1.165, 1.54) is 0 Å². The molecule has 0 radical (unpaired) electrons. The van der Waals surface area contributed by atoms with Gasteiger partial charge < -0.3 is 14.6 Å². The number of alkyl halides is 3. The third kappa shape index (κ3) is 4.99. The van der Waals surface area contributed by atoms with Gasteiger partial charge in [0.25, 0.3) is 5.89 Å². The molecule has 196 valence electrons. The first-order valence-corrected chi connectivity index (χ1v) is 12.3. The number of fused-ring (bicyclic) bond motifs is 2. The molecule has 0 spiro atoms. The average molecular weight is 516 g/mol. The van der Waals surface area contributed by atoms with Crippen LogP contribution in [-0.2, 0) is 11.3 Å². The molecule has 2 unspecified atom stereocenters. The molecule has 2 aromatic heterocycles. The second-order valence-corrected chi connectivity index (χ2v) is 10.0. The molecule has 1 aliphatic carbocycles. The first-order chi connectivity index (χ1) is 17.5. The second-order valence-electron chi connectivity index (χ2n) is 10.0. The Labute approximate surface area is 211 Å². The van der Waals surface area contributed by atoms with Crippen molar-refractivity contribution < 1.29 is 27.2 Å². The lowest BCUT2D eigenvalue weighted by molar-refractivity contribution is -0.143. The molecule has 3 aromatic rings. The highest BCUT2D eigenvalue weighted by Crippen LogP contribution is 2.43. The van der Waals surface area contributed by atoms with Gasteiger partial charge in [0, 0.05) is 37.3 Å². The molecule has 1 N–H and O–H groups in total. The Kier molecular flexibility index (Phi) is 6.33. The number of benzene rings is 1. The number of carbonyl (C=O) groups is 2. The van der Waals surface area contributed by atoms with Crippen LogP contribution in [0.2, 0.25) is 0 Å². The van der Waals surface area contributed by atoms with Crippen molar-refractivity contribution in [1.29, 1.82) is 0 Å². The Morgan fingerprint density at radius 1 is 1.22 bits per heavy atom. The number of rotatable bonds is 5. The fourth-order valence-corrected chi connectivity index (χ4v) is 5.05. The summed E-state index contributed by atoms with van der Waals surface area (Å²) in [6, 6.07) is 7.26. The molecule has 5 rings (SSSR count). The lowest BCUT2D eigenvalue weighted by Gasteiger charge is -2.34. The molecule has 1 fully saturated rings. The van der Waals surface area contributed by atoms with Gasteiger partial charge in [0.05, 0.1) is 11.1 Å². The number of likely N-dealkylation sites (tertiary alicyclic amines) is 1. The molecule has 2 atom stereocenters. The molecular weight excluding hydrogens is 487 g/mol. The number of hydrogen-bond acceptors (Lipinski definition) is 5. The SMILES string of the molecule is CC1c2cn(CC3CCN(C(=O)c4nc5ccccc5o4)CC3)nc2C=CC1(C)C(=O)NCC(F)(F)F. The van der Waals surface area contributed by atoms with Gasteiger partial charge in [-0.1, -0.05) is 25.1 Å². The molecule has 1 aliphatic heterocycles. The highest BCUT2D eigenvalue weighted by Gasteiger charge is 2.42. The molecule has 0 bridgehead atoms. The van der Waals surface area contributed by atoms with E-state index in [9.17, 15) is 22.8 Å². The summed E-state index contributed by atoms with van der Waals surface area (Å²) in [7, 11) is 0. The fourth-order valence-electron chi connectivity index (χ4n) is 5.05. The molecule has 0 saturated carbocycles. The van der Waals surface area contributed by atoms with Crippen molar-refractivity contribution in [3.63, 3.8) is 0 Å². The quantitative estimate of drug-likeness (QED) is 0.544. The van der Waals surface area contributed by atoms with Gasteiger partial charge in [0.15, 0.2) is 5.58 Å². The van der Waals surface area contributed by atoms with Crippen LogP contribution in [0.15, 0.2) is 41.0 Å². The molecule has 3 heterocycles. The van der Waals surface area contributed by atoms with Gasteiger partial charge in [-0.15, -0.1) is 0 Å². The Hall–Kier alpha value is -3.63. The van der Waals surface area contributed by atoms with E-state index in [0.29, 0.717) is 36.7 Å². The van der Waals surface area contributed by atoms with E-state index in [1.54, 1.807) is 36.1 Å². The van der Waals surface area contributed by atoms with Gasteiger partial charge in [-0.25, -0.2) is 4.98 Å². The molecular formula is C26H28F3N5O3. The predicted molar refractivity (Wildman–Crippen MR) is 129 cm³/mol. The number of oxazole rings is 1. The summed E-state index contributed by atoms with van der Waals surface area (Å²) in [5.74, 6) is -0.822. The number of aromatic nitrogens is 3. The van der Waals surface area contributed by atoms with Gasteiger partial charge in [-0.3, -0.25) is 14.3 Å². The number of hydrogen-bond donors (Lipinski definition) is 1. The van der Waals surface area contributed by atoms with Crippen molar-refractivity contribution >= 4 is 29.0 Å². The van der Waals surface area contributed by atoms with E-state index >= 15 is 0 Å². The molecule has 1 saturated heterocycles. The second kappa shape index (κ2) is 9.35. The topological polar surface area (TPSA) is 93.3 Å². The van der Waals surface area contributed by atoms with Crippen molar-refractivity contribution in [3.8, 4) is 0 Å². The molecule has 8 nitrogen and oxygen atoms in total. The first-order valence-electron chi connectivity index (χ1n) is 12.3. The summed E-state index contributed by atoms with van der Waals surface area (Å²) in [6.07, 6.45) is 2.35. The van der Waals surface area contributed by atoms with E-state index in [4.69, 9.17) is 4.42 Å². The normalized spacial score (nSPS) is 22.3. The summed E-state index contributed by atoms with van der Waals surface area (Å²) in [5, 5.41) is 6.66. The lowest BCUT2D eigenvalue weighted by Crippen LogP contribution is -2.45. The standard InChI is InChI=1S/C26H28F3N5O3/c1-16-18-14-34(32-19(18)7-10-25(16,2)24(36)30-15-26(27,28)29)13-17-8-11-33(12-9-17)23(35)22-31-20-5-3-4-6-21(20)37-22/h3-7,10,14,16-17H,8-9,11-13,15H2,1-2H3,(H,30,36). The summed E-state index contributed by atoms with van der Waals surface area (Å²) in [4.78, 5) is 31.5. The number of para-hydroxylation sites is 2. The van der Waals surface area contributed by atoms with Gasteiger partial charge in [-0.05, 0) is 43.9 Å². The zero-order valence-corrected chi connectivity index (χ0v) is 20.6. The Bertz CT molecular complexity index is 1320. The van der Waals surface area contributed by atoms with Gasteiger partial charge in [-0.2, -0.15) is 18.3 Å².